The summed E-state index contributed by atoms with van der Waals surface area (Å²) < 4.78 is 1.31. The maximum Gasteiger partial charge on any atom is 0.268 e. The number of amides is 1. The first-order valence-corrected chi connectivity index (χ1v) is 9.35. The Hall–Kier alpha value is -2.90. The van der Waals surface area contributed by atoms with Gasteiger partial charge in [-0.2, -0.15) is 5.10 Å². The summed E-state index contributed by atoms with van der Waals surface area (Å²) in [6, 6.07) is 7.49. The van der Waals surface area contributed by atoms with Crippen LogP contribution in [0.5, 0.6) is 0 Å². The van der Waals surface area contributed by atoms with E-state index in [1.54, 1.807) is 25.5 Å². The molecule has 142 valence electrons. The van der Waals surface area contributed by atoms with Crippen molar-refractivity contribution in [3.8, 4) is 0 Å². The third kappa shape index (κ3) is 3.65. The van der Waals surface area contributed by atoms with Crippen LogP contribution in [-0.4, -0.2) is 64.8 Å². The minimum absolute atomic E-state index is 0.0181. The topological polar surface area (TPSA) is 74.6 Å². The summed E-state index contributed by atoms with van der Waals surface area (Å²) in [4.78, 5) is 35.4. The number of carbonyl (C=O) groups is 1. The highest BCUT2D eigenvalue weighted by Gasteiger charge is 2.33. The summed E-state index contributed by atoms with van der Waals surface area (Å²) in [5, 5.41) is 4.08. The molecule has 2 aliphatic rings. The minimum Gasteiger partial charge on any atom is -0.369 e. The van der Waals surface area contributed by atoms with Crippen LogP contribution in [0.4, 0.5) is 11.5 Å². The summed E-state index contributed by atoms with van der Waals surface area (Å²) >= 11 is 0. The first-order valence-electron chi connectivity index (χ1n) is 9.35. The average molecular weight is 368 g/mol. The fourth-order valence-corrected chi connectivity index (χ4v) is 3.78. The fraction of sp³-hybridized carbons (Fsp3) is 0.474. The number of piperazine rings is 1. The second-order valence-corrected chi connectivity index (χ2v) is 7.11. The van der Waals surface area contributed by atoms with Gasteiger partial charge in [0.2, 0.25) is 5.91 Å². The molecule has 1 unspecified atom stereocenters. The third-order valence-corrected chi connectivity index (χ3v) is 5.42. The van der Waals surface area contributed by atoms with Crippen molar-refractivity contribution in [2.75, 3.05) is 49.1 Å². The van der Waals surface area contributed by atoms with Crippen LogP contribution in [0.25, 0.3) is 0 Å². The number of nitrogens with zero attached hydrogens (tertiary/aromatic N) is 6. The Kier molecular flexibility index (Phi) is 4.79. The number of aromatic nitrogens is 3. The number of hydrogen-bond donors (Lipinski definition) is 0. The zero-order valence-corrected chi connectivity index (χ0v) is 15.5. The van der Waals surface area contributed by atoms with E-state index in [9.17, 15) is 9.59 Å². The highest BCUT2D eigenvalue weighted by atomic mass is 16.2. The summed E-state index contributed by atoms with van der Waals surface area (Å²) in [5.41, 5.74) is 0.668. The Labute approximate surface area is 158 Å². The molecule has 0 N–H and O–H groups in total. The predicted octanol–water partition coefficient (Wildman–Crippen LogP) is 0.350. The van der Waals surface area contributed by atoms with E-state index in [1.807, 2.05) is 23.1 Å². The van der Waals surface area contributed by atoms with Crippen LogP contribution in [-0.2, 0) is 11.8 Å². The Morgan fingerprint density at radius 2 is 1.93 bits per heavy atom. The van der Waals surface area contributed by atoms with Crippen molar-refractivity contribution in [2.24, 2.45) is 13.0 Å². The molecule has 0 spiro atoms. The summed E-state index contributed by atoms with van der Waals surface area (Å²) in [6.45, 7) is 4.47. The molecule has 8 heteroatoms. The molecule has 8 nitrogen and oxygen atoms in total. The van der Waals surface area contributed by atoms with Crippen LogP contribution in [0.2, 0.25) is 0 Å². The Bertz CT molecular complexity index is 860. The number of rotatable bonds is 3. The SMILES string of the molecule is Cn1ncc(N2CCC(C(=O)N3CCN(c4ccccn4)CC3)C2)cc1=O. The van der Waals surface area contributed by atoms with Crippen LogP contribution in [0, 0.1) is 5.92 Å². The number of pyridine rings is 1. The molecule has 2 saturated heterocycles. The van der Waals surface area contributed by atoms with Gasteiger partial charge in [0.05, 0.1) is 17.8 Å². The zero-order chi connectivity index (χ0) is 18.8. The molecule has 1 amide bonds. The van der Waals surface area contributed by atoms with Gasteiger partial charge in [-0.1, -0.05) is 6.07 Å². The molecule has 4 rings (SSSR count). The first-order chi connectivity index (χ1) is 13.1. The van der Waals surface area contributed by atoms with Gasteiger partial charge in [0.15, 0.2) is 0 Å². The van der Waals surface area contributed by atoms with Gasteiger partial charge in [-0.05, 0) is 18.6 Å². The van der Waals surface area contributed by atoms with E-state index in [1.165, 1.54) is 4.68 Å². The third-order valence-electron chi connectivity index (χ3n) is 5.42. The number of hydrogen-bond acceptors (Lipinski definition) is 6. The second-order valence-electron chi connectivity index (χ2n) is 7.11. The molecule has 0 aromatic carbocycles. The van der Waals surface area contributed by atoms with Gasteiger partial charge in [0.1, 0.15) is 5.82 Å². The Morgan fingerprint density at radius 1 is 1.11 bits per heavy atom. The molecular weight excluding hydrogens is 344 g/mol. The van der Waals surface area contributed by atoms with Crippen molar-refractivity contribution in [3.63, 3.8) is 0 Å². The molecule has 2 aromatic rings. The number of carbonyl (C=O) groups excluding carboxylic acids is 1. The zero-order valence-electron chi connectivity index (χ0n) is 15.5. The van der Waals surface area contributed by atoms with E-state index in [0.29, 0.717) is 6.54 Å². The summed E-state index contributed by atoms with van der Waals surface area (Å²) in [6.07, 6.45) is 4.31. The molecule has 0 aliphatic carbocycles. The molecule has 2 aliphatic heterocycles. The largest absolute Gasteiger partial charge is 0.369 e. The van der Waals surface area contributed by atoms with E-state index in [2.05, 4.69) is 19.9 Å². The van der Waals surface area contributed by atoms with Gasteiger partial charge in [0, 0.05) is 58.6 Å². The van der Waals surface area contributed by atoms with Crippen molar-refractivity contribution in [1.29, 1.82) is 0 Å². The first kappa shape index (κ1) is 17.5. The van der Waals surface area contributed by atoms with Gasteiger partial charge in [-0.15, -0.1) is 0 Å². The molecule has 4 heterocycles. The average Bonchev–Trinajstić information content (AvgIpc) is 3.20. The van der Waals surface area contributed by atoms with E-state index in [0.717, 1.165) is 50.6 Å². The number of anilines is 2. The molecule has 2 aromatic heterocycles. The Balaban J connectivity index is 1.34. The van der Waals surface area contributed by atoms with Crippen molar-refractivity contribution in [2.45, 2.75) is 6.42 Å². The van der Waals surface area contributed by atoms with E-state index in [4.69, 9.17) is 0 Å². The highest BCUT2D eigenvalue weighted by Crippen LogP contribution is 2.24. The van der Waals surface area contributed by atoms with Crippen molar-refractivity contribution < 1.29 is 4.79 Å². The molecular formula is C19H24N6O2. The van der Waals surface area contributed by atoms with Crippen molar-refractivity contribution in [3.05, 3.63) is 47.0 Å². The monoisotopic (exact) mass is 368 g/mol. The van der Waals surface area contributed by atoms with Crippen molar-refractivity contribution >= 4 is 17.4 Å². The fourth-order valence-electron chi connectivity index (χ4n) is 3.78. The van der Waals surface area contributed by atoms with Crippen LogP contribution in [0.1, 0.15) is 6.42 Å². The smallest absolute Gasteiger partial charge is 0.268 e. The van der Waals surface area contributed by atoms with E-state index in [-0.39, 0.29) is 17.4 Å². The predicted molar refractivity (Wildman–Crippen MR) is 103 cm³/mol. The lowest BCUT2D eigenvalue weighted by atomic mass is 10.1. The number of aryl methyl sites for hydroxylation is 1. The second kappa shape index (κ2) is 7.38. The lowest BCUT2D eigenvalue weighted by Crippen LogP contribution is -2.51. The van der Waals surface area contributed by atoms with Crippen LogP contribution >= 0.6 is 0 Å². The quantitative estimate of drug-likeness (QED) is 0.778. The standard InChI is InChI=1S/C19H24N6O2/c1-22-18(26)12-16(13-21-22)25-7-5-15(14-25)19(27)24-10-8-23(9-11-24)17-4-2-3-6-20-17/h2-4,6,12-13,15H,5,7-11,14H2,1H3. The Morgan fingerprint density at radius 3 is 2.63 bits per heavy atom. The van der Waals surface area contributed by atoms with Crippen LogP contribution < -0.4 is 15.4 Å². The van der Waals surface area contributed by atoms with E-state index < -0.39 is 0 Å². The normalized spacial score (nSPS) is 20.2. The maximum absolute atomic E-state index is 12.9. The van der Waals surface area contributed by atoms with E-state index >= 15 is 0 Å². The molecule has 27 heavy (non-hydrogen) atoms. The lowest BCUT2D eigenvalue weighted by molar-refractivity contribution is -0.135. The van der Waals surface area contributed by atoms with Crippen LogP contribution in [0.15, 0.2) is 41.5 Å². The van der Waals surface area contributed by atoms with Gasteiger partial charge in [-0.25, -0.2) is 9.67 Å². The molecule has 2 fully saturated rings. The minimum atomic E-state index is -0.132. The van der Waals surface area contributed by atoms with Gasteiger partial charge in [0.25, 0.3) is 5.56 Å². The molecule has 0 bridgehead atoms. The molecule has 1 atom stereocenters. The summed E-state index contributed by atoms with van der Waals surface area (Å²) in [7, 11) is 1.63. The van der Waals surface area contributed by atoms with Crippen LogP contribution in [0.3, 0.4) is 0 Å². The van der Waals surface area contributed by atoms with Gasteiger partial charge >= 0.3 is 0 Å². The molecule has 0 radical (unpaired) electrons. The lowest BCUT2D eigenvalue weighted by Gasteiger charge is -2.36. The maximum atomic E-state index is 12.9. The van der Waals surface area contributed by atoms with Gasteiger partial charge in [-0.3, -0.25) is 9.59 Å². The van der Waals surface area contributed by atoms with Gasteiger partial charge < -0.3 is 14.7 Å². The summed E-state index contributed by atoms with van der Waals surface area (Å²) in [5.74, 6) is 1.17. The molecule has 0 saturated carbocycles. The highest BCUT2D eigenvalue weighted by molar-refractivity contribution is 5.80. The van der Waals surface area contributed by atoms with Crippen molar-refractivity contribution in [1.82, 2.24) is 19.7 Å².